The Morgan fingerprint density at radius 2 is 1.95 bits per heavy atom. The maximum atomic E-state index is 5.46. The molecule has 6 nitrogen and oxygen atoms in total. The van der Waals surface area contributed by atoms with Crippen molar-refractivity contribution in [1.82, 2.24) is 15.5 Å². The van der Waals surface area contributed by atoms with Crippen LogP contribution >= 0.6 is 0 Å². The molecule has 0 unspecified atom stereocenters. The third kappa shape index (κ3) is 9.33. The maximum absolute atomic E-state index is 5.46. The van der Waals surface area contributed by atoms with E-state index in [0.29, 0.717) is 31.6 Å². The molecule has 1 aromatic heterocycles. The molecule has 0 amide bonds. The van der Waals surface area contributed by atoms with Crippen LogP contribution in [-0.2, 0) is 16.0 Å². The smallest absolute Gasteiger partial charge is 0.233 e. The molecule has 0 saturated heterocycles. The van der Waals surface area contributed by atoms with Gasteiger partial charge in [-0.2, -0.15) is 5.10 Å². The van der Waals surface area contributed by atoms with E-state index in [1.165, 1.54) is 0 Å². The molecule has 0 aromatic carbocycles. The standard InChI is InChI=1S/C15H27N3O3/c1-13(2)11-16-12-14-5-6-15(18-17-14)21-10-9-20-8-4-7-19-3/h5-6,13,16H,4,7-12H2,1-3H3. The number of aromatic nitrogens is 2. The van der Waals surface area contributed by atoms with Gasteiger partial charge in [0.05, 0.1) is 12.3 Å². The van der Waals surface area contributed by atoms with Gasteiger partial charge in [-0.3, -0.25) is 0 Å². The summed E-state index contributed by atoms with van der Waals surface area (Å²) in [4.78, 5) is 0. The fourth-order valence-electron chi connectivity index (χ4n) is 1.62. The third-order valence-corrected chi connectivity index (χ3v) is 2.67. The highest BCUT2D eigenvalue weighted by molar-refractivity contribution is 5.11. The lowest BCUT2D eigenvalue weighted by atomic mass is 10.2. The molecule has 21 heavy (non-hydrogen) atoms. The normalized spacial score (nSPS) is 11.0. The van der Waals surface area contributed by atoms with Crippen LogP contribution in [0.4, 0.5) is 0 Å². The number of hydrogen-bond acceptors (Lipinski definition) is 6. The molecule has 0 aliphatic heterocycles. The minimum atomic E-state index is 0.479. The second-order valence-corrected chi connectivity index (χ2v) is 5.19. The van der Waals surface area contributed by atoms with Crippen LogP contribution in [-0.4, -0.2) is 50.3 Å². The number of ether oxygens (including phenoxy) is 3. The highest BCUT2D eigenvalue weighted by atomic mass is 16.5. The molecule has 6 heteroatoms. The first-order valence-electron chi connectivity index (χ1n) is 7.45. The zero-order valence-corrected chi connectivity index (χ0v) is 13.3. The van der Waals surface area contributed by atoms with Crippen molar-refractivity contribution in [2.24, 2.45) is 5.92 Å². The Bertz CT molecular complexity index is 358. The molecular formula is C15H27N3O3. The molecule has 1 N–H and O–H groups in total. The van der Waals surface area contributed by atoms with E-state index in [1.54, 1.807) is 7.11 Å². The molecule has 0 fully saturated rings. The highest BCUT2D eigenvalue weighted by Gasteiger charge is 2.00. The summed E-state index contributed by atoms with van der Waals surface area (Å²) in [6, 6.07) is 3.76. The first-order valence-corrected chi connectivity index (χ1v) is 7.45. The van der Waals surface area contributed by atoms with Crippen LogP contribution < -0.4 is 10.1 Å². The largest absolute Gasteiger partial charge is 0.474 e. The van der Waals surface area contributed by atoms with Gasteiger partial charge in [0.1, 0.15) is 6.61 Å². The first kappa shape index (κ1) is 17.8. The van der Waals surface area contributed by atoms with E-state index >= 15 is 0 Å². The highest BCUT2D eigenvalue weighted by Crippen LogP contribution is 2.04. The van der Waals surface area contributed by atoms with Gasteiger partial charge in [-0.1, -0.05) is 13.8 Å². The molecular weight excluding hydrogens is 270 g/mol. The Morgan fingerprint density at radius 3 is 2.62 bits per heavy atom. The molecule has 120 valence electrons. The van der Waals surface area contributed by atoms with Crippen LogP contribution in [0.3, 0.4) is 0 Å². The Labute approximate surface area is 127 Å². The first-order chi connectivity index (χ1) is 10.2. The molecule has 0 aliphatic rings. The van der Waals surface area contributed by atoms with Gasteiger partial charge in [0.2, 0.25) is 5.88 Å². The van der Waals surface area contributed by atoms with Crippen LogP contribution in [0, 0.1) is 5.92 Å². The summed E-state index contributed by atoms with van der Waals surface area (Å²) in [6.45, 7) is 8.48. The van der Waals surface area contributed by atoms with Crippen molar-refractivity contribution in [3.63, 3.8) is 0 Å². The van der Waals surface area contributed by atoms with Crippen LogP contribution in [0.15, 0.2) is 12.1 Å². The van der Waals surface area contributed by atoms with Crippen LogP contribution in [0.2, 0.25) is 0 Å². The fourth-order valence-corrected chi connectivity index (χ4v) is 1.62. The number of nitrogens with zero attached hydrogens (tertiary/aromatic N) is 2. The number of hydrogen-bond donors (Lipinski definition) is 1. The van der Waals surface area contributed by atoms with Crippen molar-refractivity contribution in [3.8, 4) is 5.88 Å². The Hall–Kier alpha value is -1.24. The summed E-state index contributed by atoms with van der Waals surface area (Å²) in [5.41, 5.74) is 0.916. The van der Waals surface area contributed by atoms with E-state index in [4.69, 9.17) is 14.2 Å². The van der Waals surface area contributed by atoms with Crippen LogP contribution in [0.25, 0.3) is 0 Å². The van der Waals surface area contributed by atoms with E-state index < -0.39 is 0 Å². The Kier molecular flexibility index (Phi) is 9.69. The monoisotopic (exact) mass is 297 g/mol. The summed E-state index contributed by atoms with van der Waals surface area (Å²) in [5.74, 6) is 1.16. The summed E-state index contributed by atoms with van der Waals surface area (Å²) >= 11 is 0. The molecule has 0 spiro atoms. The summed E-state index contributed by atoms with van der Waals surface area (Å²) in [6.07, 6.45) is 0.897. The van der Waals surface area contributed by atoms with E-state index in [2.05, 4.69) is 29.4 Å². The average Bonchev–Trinajstić information content (AvgIpc) is 2.47. The molecule has 0 atom stereocenters. The summed E-state index contributed by atoms with van der Waals surface area (Å²) in [7, 11) is 1.68. The SMILES string of the molecule is COCCCOCCOc1ccc(CNCC(C)C)nn1. The fraction of sp³-hybridized carbons (Fsp3) is 0.733. The second-order valence-electron chi connectivity index (χ2n) is 5.19. The molecule has 1 rings (SSSR count). The molecule has 1 heterocycles. The van der Waals surface area contributed by atoms with E-state index in [0.717, 1.165) is 31.8 Å². The van der Waals surface area contributed by atoms with E-state index in [9.17, 15) is 0 Å². The third-order valence-electron chi connectivity index (χ3n) is 2.67. The lowest BCUT2D eigenvalue weighted by Gasteiger charge is -2.08. The predicted octanol–water partition coefficient (Wildman–Crippen LogP) is 1.65. The van der Waals surface area contributed by atoms with Gasteiger partial charge in [0, 0.05) is 32.9 Å². The van der Waals surface area contributed by atoms with Crippen LogP contribution in [0.5, 0.6) is 5.88 Å². The van der Waals surface area contributed by atoms with E-state index in [-0.39, 0.29) is 0 Å². The lowest BCUT2D eigenvalue weighted by molar-refractivity contribution is 0.0793. The predicted molar refractivity (Wildman–Crippen MR) is 81.4 cm³/mol. The topological polar surface area (TPSA) is 65.5 Å². The van der Waals surface area contributed by atoms with Crippen molar-refractivity contribution >= 4 is 0 Å². The number of rotatable bonds is 12. The van der Waals surface area contributed by atoms with Crippen molar-refractivity contribution < 1.29 is 14.2 Å². The molecule has 0 radical (unpaired) electrons. The van der Waals surface area contributed by atoms with Crippen molar-refractivity contribution in [2.45, 2.75) is 26.8 Å². The van der Waals surface area contributed by atoms with Gasteiger partial charge < -0.3 is 19.5 Å². The number of methoxy groups -OCH3 is 1. The van der Waals surface area contributed by atoms with Gasteiger partial charge in [-0.25, -0.2) is 0 Å². The maximum Gasteiger partial charge on any atom is 0.233 e. The van der Waals surface area contributed by atoms with Crippen LogP contribution in [0.1, 0.15) is 26.0 Å². The van der Waals surface area contributed by atoms with Gasteiger partial charge in [0.15, 0.2) is 0 Å². The molecule has 0 saturated carbocycles. The van der Waals surface area contributed by atoms with Crippen molar-refractivity contribution in [1.29, 1.82) is 0 Å². The zero-order valence-electron chi connectivity index (χ0n) is 13.3. The molecule has 0 bridgehead atoms. The minimum absolute atomic E-state index is 0.479. The van der Waals surface area contributed by atoms with Gasteiger partial charge in [0.25, 0.3) is 0 Å². The van der Waals surface area contributed by atoms with Crippen molar-refractivity contribution in [2.75, 3.05) is 40.1 Å². The van der Waals surface area contributed by atoms with Gasteiger partial charge in [-0.15, -0.1) is 5.10 Å². The minimum Gasteiger partial charge on any atom is -0.474 e. The Morgan fingerprint density at radius 1 is 1.10 bits per heavy atom. The molecule has 0 aliphatic carbocycles. The summed E-state index contributed by atoms with van der Waals surface area (Å²) < 4.78 is 15.8. The van der Waals surface area contributed by atoms with Crippen molar-refractivity contribution in [3.05, 3.63) is 17.8 Å². The van der Waals surface area contributed by atoms with Gasteiger partial charge in [-0.05, 0) is 24.9 Å². The average molecular weight is 297 g/mol. The quantitative estimate of drug-likeness (QED) is 0.592. The Balaban J connectivity index is 2.10. The zero-order chi connectivity index (χ0) is 15.3. The van der Waals surface area contributed by atoms with Gasteiger partial charge >= 0.3 is 0 Å². The number of nitrogens with one attached hydrogen (secondary N) is 1. The lowest BCUT2D eigenvalue weighted by Crippen LogP contribution is -2.19. The molecule has 1 aromatic rings. The van der Waals surface area contributed by atoms with E-state index in [1.807, 2.05) is 12.1 Å². The second kappa shape index (κ2) is 11.4. The summed E-state index contributed by atoms with van der Waals surface area (Å²) in [5, 5.41) is 11.5.